The Labute approximate surface area is 105 Å². The fourth-order valence-electron chi connectivity index (χ4n) is 1.34. The van der Waals surface area contributed by atoms with Crippen LogP contribution < -0.4 is 5.32 Å². The number of rotatable bonds is 10. The summed E-state index contributed by atoms with van der Waals surface area (Å²) in [6.07, 6.45) is 13.0. The summed E-state index contributed by atoms with van der Waals surface area (Å²) < 4.78 is 4.85. The number of carbonyl (C=O) groups is 1. The molecule has 98 valence electrons. The van der Waals surface area contributed by atoms with Crippen LogP contribution in [0.5, 0.6) is 0 Å². The molecule has 3 nitrogen and oxygen atoms in total. The zero-order chi connectivity index (χ0) is 12.8. The maximum Gasteiger partial charge on any atom is 0.220 e. The molecule has 1 amide bonds. The molecule has 0 atom stereocenters. The van der Waals surface area contributed by atoms with Crippen molar-refractivity contribution in [2.24, 2.45) is 0 Å². The summed E-state index contributed by atoms with van der Waals surface area (Å²) in [4.78, 5) is 11.4. The molecular formula is C14H25NO2. The first-order valence-corrected chi connectivity index (χ1v) is 6.36. The van der Waals surface area contributed by atoms with Crippen molar-refractivity contribution in [1.82, 2.24) is 5.32 Å². The summed E-state index contributed by atoms with van der Waals surface area (Å²) in [5.74, 6) is 0.131. The van der Waals surface area contributed by atoms with Crippen LogP contribution in [0.3, 0.4) is 0 Å². The molecule has 0 aromatic rings. The van der Waals surface area contributed by atoms with Gasteiger partial charge in [0.25, 0.3) is 0 Å². The largest absolute Gasteiger partial charge is 0.381 e. The quantitative estimate of drug-likeness (QED) is 0.470. The van der Waals surface area contributed by atoms with Crippen molar-refractivity contribution in [3.8, 4) is 0 Å². The van der Waals surface area contributed by atoms with Crippen LogP contribution in [-0.2, 0) is 9.53 Å². The molecule has 0 fully saturated rings. The highest BCUT2D eigenvalue weighted by Gasteiger charge is 1.97. The lowest BCUT2D eigenvalue weighted by Gasteiger charge is -2.01. The number of hydrogen-bond donors (Lipinski definition) is 1. The number of ether oxygens (including phenoxy) is 1. The minimum absolute atomic E-state index is 0.131. The van der Waals surface area contributed by atoms with Gasteiger partial charge in [0, 0.05) is 20.1 Å². The molecule has 0 saturated carbocycles. The molecule has 0 bridgehead atoms. The lowest BCUT2D eigenvalue weighted by Crippen LogP contribution is -2.22. The molecule has 0 heterocycles. The first kappa shape index (κ1) is 15.9. The number of amides is 1. The standard InChI is InChI=1S/C14H25NO2/c1-3-4-5-6-7-8-11-14(16)15-12-9-10-13-17-2/h4-5,9-10H,3,6-8,11-13H2,1-2H3,(H,15,16)/b5-4+,10-9+. The molecule has 1 N–H and O–H groups in total. The Hall–Kier alpha value is -1.09. The Morgan fingerprint density at radius 2 is 2.00 bits per heavy atom. The third kappa shape index (κ3) is 12.8. The summed E-state index contributed by atoms with van der Waals surface area (Å²) in [5, 5.41) is 2.84. The molecule has 3 heteroatoms. The van der Waals surface area contributed by atoms with E-state index in [4.69, 9.17) is 4.74 Å². The minimum atomic E-state index is 0.131. The van der Waals surface area contributed by atoms with Gasteiger partial charge in [-0.1, -0.05) is 31.2 Å². The average molecular weight is 239 g/mol. The molecule has 0 rings (SSSR count). The Morgan fingerprint density at radius 3 is 2.71 bits per heavy atom. The van der Waals surface area contributed by atoms with Crippen LogP contribution in [0.25, 0.3) is 0 Å². The summed E-state index contributed by atoms with van der Waals surface area (Å²) in [5.41, 5.74) is 0. The molecule has 17 heavy (non-hydrogen) atoms. The van der Waals surface area contributed by atoms with Crippen LogP contribution in [0.15, 0.2) is 24.3 Å². The average Bonchev–Trinajstić information content (AvgIpc) is 2.33. The predicted octanol–water partition coefficient (Wildman–Crippen LogP) is 2.83. The van der Waals surface area contributed by atoms with Gasteiger partial charge in [-0.3, -0.25) is 4.79 Å². The predicted molar refractivity (Wildman–Crippen MR) is 71.9 cm³/mol. The van der Waals surface area contributed by atoms with Crippen LogP contribution in [-0.4, -0.2) is 26.2 Å². The van der Waals surface area contributed by atoms with Gasteiger partial charge in [-0.05, 0) is 25.7 Å². The fraction of sp³-hybridized carbons (Fsp3) is 0.643. The Morgan fingerprint density at radius 1 is 1.18 bits per heavy atom. The molecule has 0 aromatic heterocycles. The highest BCUT2D eigenvalue weighted by molar-refractivity contribution is 5.75. The van der Waals surface area contributed by atoms with Gasteiger partial charge >= 0.3 is 0 Å². The van der Waals surface area contributed by atoms with Crippen molar-refractivity contribution < 1.29 is 9.53 Å². The summed E-state index contributed by atoms with van der Waals surface area (Å²) in [6.45, 7) is 3.32. The Bertz CT molecular complexity index is 234. The van der Waals surface area contributed by atoms with Gasteiger partial charge in [0.2, 0.25) is 5.91 Å². The SMILES string of the molecule is CC/C=C/CCCCC(=O)NC/C=C/COC. The number of carbonyl (C=O) groups excluding carboxylic acids is 1. The smallest absolute Gasteiger partial charge is 0.220 e. The molecule has 0 aliphatic rings. The van der Waals surface area contributed by atoms with Gasteiger partial charge in [0.05, 0.1) is 6.61 Å². The van der Waals surface area contributed by atoms with E-state index in [0.717, 1.165) is 25.7 Å². The normalized spacial score (nSPS) is 11.4. The topological polar surface area (TPSA) is 38.3 Å². The van der Waals surface area contributed by atoms with Crippen LogP contribution in [0, 0.1) is 0 Å². The van der Waals surface area contributed by atoms with E-state index in [1.807, 2.05) is 12.2 Å². The first-order valence-electron chi connectivity index (χ1n) is 6.36. The van der Waals surface area contributed by atoms with Crippen molar-refractivity contribution in [3.05, 3.63) is 24.3 Å². The maximum atomic E-state index is 11.4. The molecule has 0 aliphatic carbocycles. The van der Waals surface area contributed by atoms with E-state index < -0.39 is 0 Å². The van der Waals surface area contributed by atoms with Crippen LogP contribution in [0.2, 0.25) is 0 Å². The van der Waals surface area contributed by atoms with Gasteiger partial charge in [-0.2, -0.15) is 0 Å². The van der Waals surface area contributed by atoms with E-state index in [2.05, 4.69) is 24.4 Å². The molecule has 0 radical (unpaired) electrons. The highest BCUT2D eigenvalue weighted by atomic mass is 16.5. The fourth-order valence-corrected chi connectivity index (χ4v) is 1.34. The number of nitrogens with one attached hydrogen (secondary N) is 1. The van der Waals surface area contributed by atoms with Crippen molar-refractivity contribution in [1.29, 1.82) is 0 Å². The van der Waals surface area contributed by atoms with E-state index in [1.165, 1.54) is 0 Å². The lowest BCUT2D eigenvalue weighted by molar-refractivity contribution is -0.120. The van der Waals surface area contributed by atoms with Crippen molar-refractivity contribution >= 4 is 5.91 Å². The highest BCUT2D eigenvalue weighted by Crippen LogP contribution is 2.01. The first-order chi connectivity index (χ1) is 8.31. The summed E-state index contributed by atoms with van der Waals surface area (Å²) >= 11 is 0. The van der Waals surface area contributed by atoms with Crippen molar-refractivity contribution in [2.75, 3.05) is 20.3 Å². The second-order valence-corrected chi connectivity index (χ2v) is 3.86. The molecular weight excluding hydrogens is 214 g/mol. The minimum Gasteiger partial charge on any atom is -0.381 e. The van der Waals surface area contributed by atoms with Gasteiger partial charge < -0.3 is 10.1 Å². The van der Waals surface area contributed by atoms with E-state index in [9.17, 15) is 4.79 Å². The number of hydrogen-bond acceptors (Lipinski definition) is 2. The van der Waals surface area contributed by atoms with E-state index >= 15 is 0 Å². The van der Waals surface area contributed by atoms with Crippen LogP contribution in [0.1, 0.15) is 39.0 Å². The molecule has 0 unspecified atom stereocenters. The van der Waals surface area contributed by atoms with E-state index in [0.29, 0.717) is 19.6 Å². The van der Waals surface area contributed by atoms with Gasteiger partial charge in [-0.15, -0.1) is 0 Å². The second kappa shape index (κ2) is 13.0. The number of unbranched alkanes of at least 4 members (excludes halogenated alkanes) is 2. The molecule has 0 spiro atoms. The van der Waals surface area contributed by atoms with Gasteiger partial charge in [0.1, 0.15) is 0 Å². The third-order valence-electron chi connectivity index (χ3n) is 2.27. The number of methoxy groups -OCH3 is 1. The van der Waals surface area contributed by atoms with E-state index in [-0.39, 0.29) is 5.91 Å². The summed E-state index contributed by atoms with van der Waals surface area (Å²) in [7, 11) is 1.65. The lowest BCUT2D eigenvalue weighted by atomic mass is 10.2. The van der Waals surface area contributed by atoms with Gasteiger partial charge in [0.15, 0.2) is 0 Å². The molecule has 0 aromatic carbocycles. The zero-order valence-electron chi connectivity index (χ0n) is 11.1. The monoisotopic (exact) mass is 239 g/mol. The van der Waals surface area contributed by atoms with Crippen LogP contribution >= 0.6 is 0 Å². The third-order valence-corrected chi connectivity index (χ3v) is 2.27. The second-order valence-electron chi connectivity index (χ2n) is 3.86. The number of allylic oxidation sites excluding steroid dienone is 2. The maximum absolute atomic E-state index is 11.4. The van der Waals surface area contributed by atoms with Crippen LogP contribution in [0.4, 0.5) is 0 Å². The van der Waals surface area contributed by atoms with Crippen molar-refractivity contribution in [2.45, 2.75) is 39.0 Å². The Kier molecular flexibility index (Phi) is 12.1. The van der Waals surface area contributed by atoms with Crippen molar-refractivity contribution in [3.63, 3.8) is 0 Å². The molecule has 0 saturated heterocycles. The zero-order valence-corrected chi connectivity index (χ0v) is 11.1. The van der Waals surface area contributed by atoms with Gasteiger partial charge in [-0.25, -0.2) is 0 Å². The Balaban J connectivity index is 3.31. The molecule has 0 aliphatic heterocycles. The summed E-state index contributed by atoms with van der Waals surface area (Å²) in [6, 6.07) is 0. The van der Waals surface area contributed by atoms with E-state index in [1.54, 1.807) is 7.11 Å².